The summed E-state index contributed by atoms with van der Waals surface area (Å²) in [6.45, 7) is 3.46. The van der Waals surface area contributed by atoms with E-state index in [1.54, 1.807) is 32.0 Å². The van der Waals surface area contributed by atoms with Crippen LogP contribution in [0, 0.1) is 18.8 Å². The molecule has 2 fully saturated rings. The van der Waals surface area contributed by atoms with Crippen molar-refractivity contribution in [1.29, 1.82) is 0 Å². The van der Waals surface area contributed by atoms with Crippen LogP contribution >= 0.6 is 0 Å². The molecule has 3 unspecified atom stereocenters. The highest BCUT2D eigenvalue weighted by Gasteiger charge is 2.44. The number of carboxylic acids is 1. The van der Waals surface area contributed by atoms with Gasteiger partial charge in [0.2, 0.25) is 0 Å². The van der Waals surface area contributed by atoms with E-state index in [1.807, 2.05) is 11.0 Å². The molecule has 2 saturated carbocycles. The van der Waals surface area contributed by atoms with Gasteiger partial charge in [-0.25, -0.2) is 4.79 Å². The third-order valence-electron chi connectivity index (χ3n) is 7.09. The Bertz CT molecular complexity index is 1110. The molecule has 1 heterocycles. The predicted molar refractivity (Wildman–Crippen MR) is 133 cm³/mol. The van der Waals surface area contributed by atoms with Gasteiger partial charge in [-0.3, -0.25) is 10.1 Å². The van der Waals surface area contributed by atoms with Gasteiger partial charge in [0.1, 0.15) is 5.76 Å². The number of benzene rings is 1. The van der Waals surface area contributed by atoms with E-state index < -0.39 is 36.4 Å². The Balaban J connectivity index is 1.64. The van der Waals surface area contributed by atoms with Gasteiger partial charge < -0.3 is 19.8 Å². The minimum absolute atomic E-state index is 0.0461. The molecule has 1 aromatic heterocycles. The first-order valence-electron chi connectivity index (χ1n) is 12.7. The number of nitrogens with one attached hydrogen (secondary N) is 2. The Morgan fingerprint density at radius 2 is 1.92 bits per heavy atom. The van der Waals surface area contributed by atoms with Crippen LogP contribution in [0.1, 0.15) is 69.1 Å². The highest BCUT2D eigenvalue weighted by Crippen LogP contribution is 2.49. The number of aliphatic carboxylic acids is 1. The van der Waals surface area contributed by atoms with Crippen LogP contribution < -0.4 is 15.5 Å². The van der Waals surface area contributed by atoms with Crippen molar-refractivity contribution in [3.63, 3.8) is 0 Å². The maximum Gasteiger partial charge on any atom is 0.389 e. The number of halogens is 3. The predicted octanol–water partition coefficient (Wildman–Crippen LogP) is 6.54. The zero-order valence-corrected chi connectivity index (χ0v) is 21.0. The maximum atomic E-state index is 13.2. The van der Waals surface area contributed by atoms with Crippen molar-refractivity contribution >= 4 is 29.2 Å². The molecular formula is C26H33F3N4O4. The van der Waals surface area contributed by atoms with Crippen LogP contribution in [0.4, 0.5) is 35.2 Å². The Kier molecular flexibility index (Phi) is 7.99. The van der Waals surface area contributed by atoms with Crippen LogP contribution in [0.2, 0.25) is 0 Å². The molecular weight excluding hydrogens is 489 g/mol. The normalized spacial score (nSPS) is 20.8. The van der Waals surface area contributed by atoms with Gasteiger partial charge in [-0.15, -0.1) is 0 Å². The standard InChI is InChI=1S/C26H33F3N4O4/c1-15(13-26(27,28)29)14-33(18-6-4-3-5-7-18)22-9-8-17(19-12-20(19)24(34)35)11-21(22)30-25(36)31-23-10-16(2)37-32-23/h8-11,15,18-20H,3-7,12-14H2,1-2H3,(H,34,35)(H2,30,31,32,36). The van der Waals surface area contributed by atoms with Gasteiger partial charge >= 0.3 is 18.2 Å². The summed E-state index contributed by atoms with van der Waals surface area (Å²) in [7, 11) is 0. The number of rotatable bonds is 9. The smallest absolute Gasteiger partial charge is 0.389 e. The van der Waals surface area contributed by atoms with Crippen molar-refractivity contribution in [3.8, 4) is 0 Å². The number of hydrogen-bond donors (Lipinski definition) is 3. The van der Waals surface area contributed by atoms with Crippen LogP contribution in [0.25, 0.3) is 0 Å². The molecule has 11 heteroatoms. The third kappa shape index (κ3) is 7.17. The molecule has 0 aliphatic heterocycles. The first kappa shape index (κ1) is 26.8. The molecule has 2 aromatic rings. The topological polar surface area (TPSA) is 108 Å². The molecule has 37 heavy (non-hydrogen) atoms. The zero-order chi connectivity index (χ0) is 26.7. The number of alkyl halides is 3. The van der Waals surface area contributed by atoms with Gasteiger partial charge in [-0.05, 0) is 55.7 Å². The minimum Gasteiger partial charge on any atom is -0.481 e. The maximum absolute atomic E-state index is 13.2. The number of aromatic nitrogens is 1. The SMILES string of the molecule is Cc1cc(NC(=O)Nc2cc(C3CC3C(=O)O)ccc2N(CC(C)CC(F)(F)F)C2CCCCC2)no1. The van der Waals surface area contributed by atoms with E-state index in [9.17, 15) is 27.9 Å². The molecule has 0 spiro atoms. The molecule has 1 aromatic carbocycles. The van der Waals surface area contributed by atoms with Gasteiger partial charge in [0.25, 0.3) is 0 Å². The molecule has 2 amide bonds. The fourth-order valence-electron chi connectivity index (χ4n) is 5.30. The summed E-state index contributed by atoms with van der Waals surface area (Å²) in [5.41, 5.74) is 1.83. The number of carbonyl (C=O) groups is 2. The quantitative estimate of drug-likeness (QED) is 0.345. The molecule has 3 atom stereocenters. The number of urea groups is 1. The molecule has 2 aliphatic rings. The number of aryl methyl sites for hydroxylation is 1. The van der Waals surface area contributed by atoms with E-state index in [0.717, 1.165) is 37.7 Å². The molecule has 4 rings (SSSR count). The monoisotopic (exact) mass is 522 g/mol. The van der Waals surface area contributed by atoms with Gasteiger partial charge in [-0.2, -0.15) is 13.2 Å². The number of carboxylic acid groups (broad SMARTS) is 1. The lowest BCUT2D eigenvalue weighted by molar-refractivity contribution is -0.142. The van der Waals surface area contributed by atoms with E-state index in [-0.39, 0.29) is 24.3 Å². The summed E-state index contributed by atoms with van der Waals surface area (Å²) in [6.07, 6.45) is 0.120. The zero-order valence-electron chi connectivity index (χ0n) is 21.0. The lowest BCUT2D eigenvalue weighted by Gasteiger charge is -2.39. The van der Waals surface area contributed by atoms with Gasteiger partial charge in [0.05, 0.1) is 17.3 Å². The van der Waals surface area contributed by atoms with Crippen molar-refractivity contribution in [1.82, 2.24) is 5.16 Å². The van der Waals surface area contributed by atoms with E-state index in [0.29, 0.717) is 23.6 Å². The summed E-state index contributed by atoms with van der Waals surface area (Å²) in [6, 6.07) is 6.41. The van der Waals surface area contributed by atoms with Crippen molar-refractivity contribution in [2.75, 3.05) is 22.1 Å². The average Bonchev–Trinajstić information content (AvgIpc) is 3.53. The fraction of sp³-hybridized carbons (Fsp3) is 0.577. The number of amides is 2. The van der Waals surface area contributed by atoms with Crippen molar-refractivity contribution in [2.24, 2.45) is 11.8 Å². The lowest BCUT2D eigenvalue weighted by atomic mass is 9.92. The Morgan fingerprint density at radius 3 is 2.51 bits per heavy atom. The van der Waals surface area contributed by atoms with E-state index >= 15 is 0 Å². The fourth-order valence-corrected chi connectivity index (χ4v) is 5.30. The summed E-state index contributed by atoms with van der Waals surface area (Å²) in [4.78, 5) is 26.3. The number of anilines is 3. The molecule has 0 radical (unpaired) electrons. The molecule has 0 bridgehead atoms. The van der Waals surface area contributed by atoms with Crippen LogP contribution in [-0.4, -0.2) is 41.0 Å². The summed E-state index contributed by atoms with van der Waals surface area (Å²) in [5, 5.41) is 18.6. The Labute approximate surface area is 213 Å². The van der Waals surface area contributed by atoms with Gasteiger partial charge in [0.15, 0.2) is 5.82 Å². The van der Waals surface area contributed by atoms with Crippen LogP contribution in [0.5, 0.6) is 0 Å². The van der Waals surface area contributed by atoms with Crippen molar-refractivity contribution in [3.05, 3.63) is 35.6 Å². The van der Waals surface area contributed by atoms with Gasteiger partial charge in [0, 0.05) is 25.1 Å². The molecule has 2 aliphatic carbocycles. The second kappa shape index (κ2) is 11.0. The molecule has 8 nitrogen and oxygen atoms in total. The van der Waals surface area contributed by atoms with Crippen LogP contribution in [-0.2, 0) is 4.79 Å². The van der Waals surface area contributed by atoms with Crippen molar-refractivity contribution in [2.45, 2.75) is 76.9 Å². The number of carbonyl (C=O) groups excluding carboxylic acids is 1. The van der Waals surface area contributed by atoms with Gasteiger partial charge in [-0.1, -0.05) is 37.4 Å². The largest absolute Gasteiger partial charge is 0.481 e. The van der Waals surface area contributed by atoms with Crippen LogP contribution in [0.3, 0.4) is 0 Å². The van der Waals surface area contributed by atoms with E-state index in [4.69, 9.17) is 4.52 Å². The van der Waals surface area contributed by atoms with Crippen LogP contribution in [0.15, 0.2) is 28.8 Å². The summed E-state index contributed by atoms with van der Waals surface area (Å²) in [5.74, 6) is -1.42. The molecule has 0 saturated heterocycles. The second-order valence-corrected chi connectivity index (χ2v) is 10.3. The first-order chi connectivity index (χ1) is 17.5. The van der Waals surface area contributed by atoms with Crippen molar-refractivity contribution < 1.29 is 32.4 Å². The first-order valence-corrected chi connectivity index (χ1v) is 12.7. The Morgan fingerprint density at radius 1 is 1.19 bits per heavy atom. The molecule has 3 N–H and O–H groups in total. The lowest BCUT2D eigenvalue weighted by Crippen LogP contribution is -2.41. The highest BCUT2D eigenvalue weighted by atomic mass is 19.4. The van der Waals surface area contributed by atoms with E-state index in [1.165, 1.54) is 0 Å². The Hall–Kier alpha value is -3.24. The summed E-state index contributed by atoms with van der Waals surface area (Å²) < 4.78 is 44.5. The molecule has 202 valence electrons. The number of hydrogen-bond acceptors (Lipinski definition) is 5. The second-order valence-electron chi connectivity index (χ2n) is 10.3. The van der Waals surface area contributed by atoms with E-state index in [2.05, 4.69) is 15.8 Å². The average molecular weight is 523 g/mol. The highest BCUT2D eigenvalue weighted by molar-refractivity contribution is 6.01. The number of nitrogens with zero attached hydrogens (tertiary/aromatic N) is 2. The third-order valence-corrected chi connectivity index (χ3v) is 7.09. The minimum atomic E-state index is -4.27. The summed E-state index contributed by atoms with van der Waals surface area (Å²) >= 11 is 0.